The van der Waals surface area contributed by atoms with Crippen LogP contribution in [0.5, 0.6) is 5.75 Å². The lowest BCUT2D eigenvalue weighted by Crippen LogP contribution is -2.10. The van der Waals surface area contributed by atoms with Gasteiger partial charge >= 0.3 is 0 Å². The molecule has 4 aromatic rings. The van der Waals surface area contributed by atoms with E-state index in [9.17, 15) is 8.78 Å². The fourth-order valence-electron chi connectivity index (χ4n) is 3.39. The second-order valence-corrected chi connectivity index (χ2v) is 6.10. The molecule has 0 N–H and O–H groups in total. The molecule has 2 aromatic heterocycles. The van der Waals surface area contributed by atoms with Crippen molar-refractivity contribution in [3.05, 3.63) is 78.0 Å². The summed E-state index contributed by atoms with van der Waals surface area (Å²) in [6, 6.07) is 15.2. The van der Waals surface area contributed by atoms with E-state index in [0.29, 0.717) is 23.2 Å². The van der Waals surface area contributed by atoms with Gasteiger partial charge in [0, 0.05) is 22.9 Å². The summed E-state index contributed by atoms with van der Waals surface area (Å²) < 4.78 is 33.2. The van der Waals surface area contributed by atoms with Gasteiger partial charge in [-0.15, -0.1) is 0 Å². The summed E-state index contributed by atoms with van der Waals surface area (Å²) in [5, 5.41) is 0. The number of halogens is 2. The molecule has 0 saturated carbocycles. The predicted octanol–water partition coefficient (Wildman–Crippen LogP) is 5.13. The summed E-state index contributed by atoms with van der Waals surface area (Å²) in [6.45, 7) is 0.292. The Labute approximate surface area is 147 Å². The van der Waals surface area contributed by atoms with Crippen molar-refractivity contribution in [3.8, 4) is 28.1 Å². The maximum absolute atomic E-state index is 13.9. The summed E-state index contributed by atoms with van der Waals surface area (Å²) in [5.74, 6) is -1.02. The lowest BCUT2D eigenvalue weighted by atomic mass is 9.92. The number of hydrogen-bond acceptors (Lipinski definition) is 3. The van der Waals surface area contributed by atoms with E-state index in [1.54, 1.807) is 12.3 Å². The Morgan fingerprint density at radius 2 is 1.81 bits per heavy atom. The van der Waals surface area contributed by atoms with Crippen LogP contribution in [0.3, 0.4) is 0 Å². The van der Waals surface area contributed by atoms with Crippen molar-refractivity contribution < 1.29 is 13.5 Å². The van der Waals surface area contributed by atoms with Gasteiger partial charge in [-0.3, -0.25) is 4.98 Å². The number of nitrogens with zero attached hydrogens (tertiary/aromatic N) is 2. The number of ether oxygens (including phenoxy) is 1. The molecule has 5 rings (SSSR count). The van der Waals surface area contributed by atoms with Crippen molar-refractivity contribution in [2.45, 2.75) is 6.61 Å². The van der Waals surface area contributed by atoms with E-state index < -0.39 is 11.6 Å². The first kappa shape index (κ1) is 15.0. The molecule has 0 bridgehead atoms. The van der Waals surface area contributed by atoms with E-state index in [2.05, 4.69) is 4.98 Å². The summed E-state index contributed by atoms with van der Waals surface area (Å²) in [5.41, 5.74) is 5.09. The number of rotatable bonds is 1. The molecule has 3 nitrogen and oxygen atoms in total. The lowest BCUT2D eigenvalue weighted by Gasteiger charge is -2.23. The van der Waals surface area contributed by atoms with Gasteiger partial charge in [-0.25, -0.2) is 13.8 Å². The van der Waals surface area contributed by atoms with Gasteiger partial charge in [0.15, 0.2) is 11.6 Å². The van der Waals surface area contributed by atoms with Gasteiger partial charge in [0.1, 0.15) is 12.4 Å². The highest BCUT2D eigenvalue weighted by Gasteiger charge is 2.25. The molecule has 0 atom stereocenters. The Bertz CT molecular complexity index is 1170. The molecule has 0 saturated heterocycles. The average Bonchev–Trinajstić information content (AvgIpc) is 2.68. The van der Waals surface area contributed by atoms with Gasteiger partial charge in [-0.1, -0.05) is 18.2 Å². The molecule has 3 heterocycles. The van der Waals surface area contributed by atoms with Crippen LogP contribution in [0.2, 0.25) is 0 Å². The fourth-order valence-corrected chi connectivity index (χ4v) is 3.39. The molecule has 126 valence electrons. The van der Waals surface area contributed by atoms with E-state index in [4.69, 9.17) is 9.72 Å². The largest absolute Gasteiger partial charge is 0.488 e. The van der Waals surface area contributed by atoms with Gasteiger partial charge in [0.05, 0.1) is 16.7 Å². The predicted molar refractivity (Wildman–Crippen MR) is 94.7 cm³/mol. The minimum absolute atomic E-state index is 0.292. The van der Waals surface area contributed by atoms with Crippen molar-refractivity contribution >= 4 is 11.0 Å². The highest BCUT2D eigenvalue weighted by atomic mass is 19.2. The summed E-state index contributed by atoms with van der Waals surface area (Å²) >= 11 is 0. The molecular formula is C21H12F2N2O. The molecule has 0 amide bonds. The molecular weight excluding hydrogens is 334 g/mol. The molecule has 0 aliphatic carbocycles. The van der Waals surface area contributed by atoms with E-state index in [-0.39, 0.29) is 0 Å². The van der Waals surface area contributed by atoms with Gasteiger partial charge in [-0.05, 0) is 42.0 Å². The van der Waals surface area contributed by atoms with Crippen molar-refractivity contribution in [2.24, 2.45) is 0 Å². The molecule has 0 fully saturated rings. The Morgan fingerprint density at radius 3 is 2.69 bits per heavy atom. The molecule has 0 unspecified atom stereocenters. The number of pyridine rings is 2. The monoisotopic (exact) mass is 346 g/mol. The van der Waals surface area contributed by atoms with Crippen LogP contribution in [-0.2, 0) is 6.61 Å². The van der Waals surface area contributed by atoms with Gasteiger partial charge in [-0.2, -0.15) is 0 Å². The van der Waals surface area contributed by atoms with Crippen molar-refractivity contribution in [1.82, 2.24) is 9.97 Å². The molecule has 1 aliphatic rings. The minimum atomic E-state index is -0.894. The summed E-state index contributed by atoms with van der Waals surface area (Å²) in [6.07, 6.45) is 1.66. The van der Waals surface area contributed by atoms with Crippen LogP contribution in [0.15, 0.2) is 60.8 Å². The minimum Gasteiger partial charge on any atom is -0.488 e. The molecule has 0 spiro atoms. The number of benzene rings is 2. The third-order valence-electron chi connectivity index (χ3n) is 4.57. The zero-order valence-corrected chi connectivity index (χ0v) is 13.5. The van der Waals surface area contributed by atoms with Crippen molar-refractivity contribution in [3.63, 3.8) is 0 Å². The van der Waals surface area contributed by atoms with Crippen LogP contribution >= 0.6 is 0 Å². The van der Waals surface area contributed by atoms with E-state index in [1.807, 2.05) is 36.4 Å². The normalized spacial score (nSPS) is 12.4. The van der Waals surface area contributed by atoms with Crippen molar-refractivity contribution in [1.29, 1.82) is 0 Å². The topological polar surface area (TPSA) is 35.0 Å². The SMILES string of the molecule is Fc1ccc(-c2c3c(nc4cccnc24)-c2ccccc2OC3)cc1F. The molecule has 5 heteroatoms. The molecule has 1 aliphatic heterocycles. The lowest BCUT2D eigenvalue weighted by molar-refractivity contribution is 0.302. The Morgan fingerprint density at radius 1 is 0.923 bits per heavy atom. The Kier molecular flexibility index (Phi) is 3.22. The highest BCUT2D eigenvalue weighted by molar-refractivity contribution is 5.97. The zero-order valence-electron chi connectivity index (χ0n) is 13.5. The first-order chi connectivity index (χ1) is 12.7. The maximum Gasteiger partial charge on any atom is 0.159 e. The maximum atomic E-state index is 13.9. The third-order valence-corrected chi connectivity index (χ3v) is 4.57. The third kappa shape index (κ3) is 2.17. The molecule has 0 radical (unpaired) electrons. The van der Waals surface area contributed by atoms with Crippen molar-refractivity contribution in [2.75, 3.05) is 0 Å². The smallest absolute Gasteiger partial charge is 0.159 e. The van der Waals surface area contributed by atoms with Crippen LogP contribution in [0, 0.1) is 11.6 Å². The van der Waals surface area contributed by atoms with Crippen LogP contribution in [-0.4, -0.2) is 9.97 Å². The quantitative estimate of drug-likeness (QED) is 0.479. The van der Waals surface area contributed by atoms with Gasteiger partial charge in [0.25, 0.3) is 0 Å². The average molecular weight is 346 g/mol. The second-order valence-electron chi connectivity index (χ2n) is 6.10. The zero-order chi connectivity index (χ0) is 17.7. The van der Waals surface area contributed by atoms with Crippen LogP contribution < -0.4 is 4.74 Å². The fraction of sp³-hybridized carbons (Fsp3) is 0.0476. The standard InChI is InChI=1S/C21H12F2N2O/c22-15-8-7-12(10-16(15)23)19-14-11-26-18-6-2-1-4-13(18)20(14)25-17-5-3-9-24-21(17)19/h1-10H,11H2. The number of aromatic nitrogens is 2. The second kappa shape index (κ2) is 5.59. The molecule has 26 heavy (non-hydrogen) atoms. The number of fused-ring (bicyclic) bond motifs is 4. The van der Waals surface area contributed by atoms with E-state index in [0.717, 1.165) is 34.2 Å². The summed E-state index contributed by atoms with van der Waals surface area (Å²) in [4.78, 5) is 9.21. The first-order valence-corrected chi connectivity index (χ1v) is 8.17. The van der Waals surface area contributed by atoms with Crippen LogP contribution in [0.1, 0.15) is 5.56 Å². The summed E-state index contributed by atoms with van der Waals surface area (Å²) in [7, 11) is 0. The van der Waals surface area contributed by atoms with Crippen LogP contribution in [0.25, 0.3) is 33.4 Å². The molecule has 2 aromatic carbocycles. The van der Waals surface area contributed by atoms with E-state index >= 15 is 0 Å². The van der Waals surface area contributed by atoms with E-state index in [1.165, 1.54) is 6.07 Å². The number of hydrogen-bond donors (Lipinski definition) is 0. The van der Waals surface area contributed by atoms with Crippen LogP contribution in [0.4, 0.5) is 8.78 Å². The Balaban J connectivity index is 1.90. The van der Waals surface area contributed by atoms with Gasteiger partial charge in [0.2, 0.25) is 0 Å². The number of para-hydroxylation sites is 1. The highest BCUT2D eigenvalue weighted by Crippen LogP contribution is 2.42. The first-order valence-electron chi connectivity index (χ1n) is 8.17. The van der Waals surface area contributed by atoms with Gasteiger partial charge < -0.3 is 4.74 Å². The Hall–Kier alpha value is -3.34.